The summed E-state index contributed by atoms with van der Waals surface area (Å²) < 4.78 is 0. The van der Waals surface area contributed by atoms with Gasteiger partial charge in [0.25, 0.3) is 0 Å². The molecule has 90 valence electrons. The summed E-state index contributed by atoms with van der Waals surface area (Å²) in [5.41, 5.74) is 3.61. The summed E-state index contributed by atoms with van der Waals surface area (Å²) in [4.78, 5) is 0. The van der Waals surface area contributed by atoms with Gasteiger partial charge in [-0.2, -0.15) is 0 Å². The minimum atomic E-state index is -0.404. The van der Waals surface area contributed by atoms with E-state index in [9.17, 15) is 5.11 Å². The largest absolute Gasteiger partial charge is 0.387 e. The molecule has 1 aromatic rings. The predicted octanol–water partition coefficient (Wildman–Crippen LogP) is 2.63. The quantitative estimate of drug-likeness (QED) is 0.801. The van der Waals surface area contributed by atoms with E-state index in [-0.39, 0.29) is 0 Å². The first-order chi connectivity index (χ1) is 7.60. The predicted molar refractivity (Wildman–Crippen MR) is 68.8 cm³/mol. The molecule has 0 saturated carbocycles. The summed E-state index contributed by atoms with van der Waals surface area (Å²) in [5.74, 6) is 0.506. The Bertz CT molecular complexity index is 334. The molecular weight excluding hydrogens is 198 g/mol. The van der Waals surface area contributed by atoms with E-state index in [0.717, 1.165) is 12.0 Å². The van der Waals surface area contributed by atoms with Crippen molar-refractivity contribution in [2.45, 2.75) is 39.2 Å². The molecule has 0 spiro atoms. The molecule has 16 heavy (non-hydrogen) atoms. The first-order valence-electron chi connectivity index (χ1n) is 6.05. The van der Waals surface area contributed by atoms with Crippen molar-refractivity contribution in [2.75, 3.05) is 13.6 Å². The Morgan fingerprint density at radius 3 is 2.50 bits per heavy atom. The lowest BCUT2D eigenvalue weighted by Crippen LogP contribution is -2.18. The van der Waals surface area contributed by atoms with Crippen LogP contribution in [0.5, 0.6) is 0 Å². The molecule has 2 N–H and O–H groups in total. The van der Waals surface area contributed by atoms with Crippen LogP contribution in [0, 0.1) is 0 Å². The molecule has 0 aliphatic carbocycles. The van der Waals surface area contributed by atoms with Crippen molar-refractivity contribution in [2.24, 2.45) is 0 Å². The van der Waals surface area contributed by atoms with Gasteiger partial charge in [0.15, 0.2) is 0 Å². The average Bonchev–Trinajstić information content (AvgIpc) is 2.28. The number of aliphatic hydroxyl groups excluding tert-OH is 1. The lowest BCUT2D eigenvalue weighted by atomic mass is 9.93. The molecule has 1 unspecified atom stereocenters. The van der Waals surface area contributed by atoms with E-state index in [1.807, 2.05) is 7.05 Å². The Morgan fingerprint density at radius 2 is 2.00 bits per heavy atom. The van der Waals surface area contributed by atoms with Gasteiger partial charge in [-0.3, -0.25) is 0 Å². The first kappa shape index (κ1) is 13.2. The second-order valence-corrected chi connectivity index (χ2v) is 4.54. The van der Waals surface area contributed by atoms with Gasteiger partial charge in [-0.05, 0) is 36.1 Å². The van der Waals surface area contributed by atoms with Gasteiger partial charge >= 0.3 is 0 Å². The zero-order valence-corrected chi connectivity index (χ0v) is 10.7. The summed E-state index contributed by atoms with van der Waals surface area (Å²) >= 11 is 0. The standard InChI is InChI=1S/C14H23NO/c1-5-11-6-7-12(10(2)3)8-13(11)14(16)9-15-4/h6-8,10,14-16H,5,9H2,1-4H3. The number of aryl methyl sites for hydroxylation is 1. The van der Waals surface area contributed by atoms with Gasteiger partial charge in [0, 0.05) is 6.54 Å². The van der Waals surface area contributed by atoms with Crippen molar-refractivity contribution < 1.29 is 5.11 Å². The maximum Gasteiger partial charge on any atom is 0.0917 e. The van der Waals surface area contributed by atoms with Gasteiger partial charge in [0.1, 0.15) is 0 Å². The molecule has 1 rings (SSSR count). The average molecular weight is 221 g/mol. The van der Waals surface area contributed by atoms with Crippen molar-refractivity contribution in [3.8, 4) is 0 Å². The number of benzene rings is 1. The van der Waals surface area contributed by atoms with Gasteiger partial charge < -0.3 is 10.4 Å². The maximum absolute atomic E-state index is 10.1. The maximum atomic E-state index is 10.1. The van der Waals surface area contributed by atoms with E-state index in [1.165, 1.54) is 11.1 Å². The summed E-state index contributed by atoms with van der Waals surface area (Å²) in [6.45, 7) is 7.08. The monoisotopic (exact) mass is 221 g/mol. The highest BCUT2D eigenvalue weighted by molar-refractivity contribution is 5.35. The molecule has 1 aromatic carbocycles. The number of hydrogen-bond donors (Lipinski definition) is 2. The summed E-state index contributed by atoms with van der Waals surface area (Å²) in [6.07, 6.45) is 0.563. The fourth-order valence-electron chi connectivity index (χ4n) is 1.91. The zero-order chi connectivity index (χ0) is 12.1. The van der Waals surface area contributed by atoms with Crippen LogP contribution in [0.25, 0.3) is 0 Å². The number of hydrogen-bond acceptors (Lipinski definition) is 2. The zero-order valence-electron chi connectivity index (χ0n) is 10.7. The van der Waals surface area contributed by atoms with Crippen molar-refractivity contribution >= 4 is 0 Å². The molecule has 0 radical (unpaired) electrons. The lowest BCUT2D eigenvalue weighted by Gasteiger charge is -2.17. The molecule has 2 heteroatoms. The first-order valence-corrected chi connectivity index (χ1v) is 6.05. The van der Waals surface area contributed by atoms with Crippen LogP contribution in [-0.2, 0) is 6.42 Å². The van der Waals surface area contributed by atoms with E-state index in [2.05, 4.69) is 44.3 Å². The Morgan fingerprint density at radius 1 is 1.31 bits per heavy atom. The molecule has 1 atom stereocenters. The Kier molecular flexibility index (Phi) is 4.97. The van der Waals surface area contributed by atoms with Gasteiger partial charge in [-0.15, -0.1) is 0 Å². The highest BCUT2D eigenvalue weighted by Gasteiger charge is 2.12. The molecule has 0 saturated heterocycles. The topological polar surface area (TPSA) is 32.3 Å². The van der Waals surface area contributed by atoms with Crippen LogP contribution in [0.3, 0.4) is 0 Å². The molecule has 2 nitrogen and oxygen atoms in total. The van der Waals surface area contributed by atoms with Crippen LogP contribution < -0.4 is 5.32 Å². The fourth-order valence-corrected chi connectivity index (χ4v) is 1.91. The Labute approximate surface area is 98.7 Å². The van der Waals surface area contributed by atoms with Crippen molar-refractivity contribution in [3.05, 3.63) is 34.9 Å². The second-order valence-electron chi connectivity index (χ2n) is 4.54. The minimum absolute atomic E-state index is 0.404. The van der Waals surface area contributed by atoms with E-state index >= 15 is 0 Å². The number of aliphatic hydroxyl groups is 1. The molecule has 0 fully saturated rings. The van der Waals surface area contributed by atoms with Gasteiger partial charge in [-0.25, -0.2) is 0 Å². The SMILES string of the molecule is CCc1ccc(C(C)C)cc1C(O)CNC. The Balaban J connectivity index is 3.06. The van der Waals surface area contributed by atoms with E-state index < -0.39 is 6.10 Å². The van der Waals surface area contributed by atoms with Crippen LogP contribution in [0.2, 0.25) is 0 Å². The molecule has 0 amide bonds. The van der Waals surface area contributed by atoms with E-state index in [4.69, 9.17) is 0 Å². The number of nitrogens with one attached hydrogen (secondary N) is 1. The van der Waals surface area contributed by atoms with Gasteiger partial charge in [0.05, 0.1) is 6.10 Å². The van der Waals surface area contributed by atoms with Crippen molar-refractivity contribution in [3.63, 3.8) is 0 Å². The van der Waals surface area contributed by atoms with Crippen molar-refractivity contribution in [1.82, 2.24) is 5.32 Å². The summed E-state index contributed by atoms with van der Waals surface area (Å²) in [6, 6.07) is 6.45. The molecule has 0 aliphatic heterocycles. The van der Waals surface area contributed by atoms with E-state index in [1.54, 1.807) is 0 Å². The van der Waals surface area contributed by atoms with Crippen LogP contribution in [0.4, 0.5) is 0 Å². The molecule has 0 heterocycles. The second kappa shape index (κ2) is 6.02. The molecule has 0 bridgehead atoms. The van der Waals surface area contributed by atoms with Crippen LogP contribution in [-0.4, -0.2) is 18.7 Å². The van der Waals surface area contributed by atoms with Crippen LogP contribution in [0.1, 0.15) is 49.5 Å². The smallest absolute Gasteiger partial charge is 0.0917 e. The minimum Gasteiger partial charge on any atom is -0.387 e. The van der Waals surface area contributed by atoms with Gasteiger partial charge in [-0.1, -0.05) is 39.0 Å². The van der Waals surface area contributed by atoms with Crippen molar-refractivity contribution in [1.29, 1.82) is 0 Å². The molecular formula is C14H23NO. The summed E-state index contributed by atoms with van der Waals surface area (Å²) in [7, 11) is 1.86. The lowest BCUT2D eigenvalue weighted by molar-refractivity contribution is 0.176. The normalized spacial score (nSPS) is 13.1. The van der Waals surface area contributed by atoms with Crippen LogP contribution >= 0.6 is 0 Å². The summed E-state index contributed by atoms with van der Waals surface area (Å²) in [5, 5.41) is 13.1. The third kappa shape index (κ3) is 3.06. The third-order valence-electron chi connectivity index (χ3n) is 2.97. The van der Waals surface area contributed by atoms with Gasteiger partial charge in [0.2, 0.25) is 0 Å². The highest BCUT2D eigenvalue weighted by Crippen LogP contribution is 2.24. The van der Waals surface area contributed by atoms with E-state index in [0.29, 0.717) is 12.5 Å². The highest BCUT2D eigenvalue weighted by atomic mass is 16.3. The third-order valence-corrected chi connectivity index (χ3v) is 2.97. The number of rotatable bonds is 5. The fraction of sp³-hybridized carbons (Fsp3) is 0.571. The van der Waals surface area contributed by atoms with Crippen LogP contribution in [0.15, 0.2) is 18.2 Å². The number of likely N-dealkylation sites (N-methyl/N-ethyl adjacent to an activating group) is 1. The molecule has 0 aliphatic rings. The Hall–Kier alpha value is -0.860. The molecule has 0 aromatic heterocycles.